The van der Waals surface area contributed by atoms with E-state index in [-0.39, 0.29) is 4.90 Å². The summed E-state index contributed by atoms with van der Waals surface area (Å²) in [6.07, 6.45) is 3.72. The van der Waals surface area contributed by atoms with Gasteiger partial charge in [-0.1, -0.05) is 13.0 Å². The summed E-state index contributed by atoms with van der Waals surface area (Å²) in [5.74, 6) is 1.20. The van der Waals surface area contributed by atoms with Crippen molar-refractivity contribution in [3.05, 3.63) is 53.7 Å². The van der Waals surface area contributed by atoms with Gasteiger partial charge in [0, 0.05) is 24.7 Å². The highest BCUT2D eigenvalue weighted by Crippen LogP contribution is 2.39. The molecular formula is C24H28N2O3S. The van der Waals surface area contributed by atoms with Gasteiger partial charge in [-0.05, 0) is 74.1 Å². The summed E-state index contributed by atoms with van der Waals surface area (Å²) >= 11 is 0. The monoisotopic (exact) mass is 424 g/mol. The van der Waals surface area contributed by atoms with Gasteiger partial charge < -0.3 is 9.64 Å². The number of anilines is 1. The Kier molecular flexibility index (Phi) is 5.45. The van der Waals surface area contributed by atoms with Crippen molar-refractivity contribution in [3.8, 4) is 5.75 Å². The maximum absolute atomic E-state index is 13.7. The molecule has 2 heterocycles. The number of pyridine rings is 1. The number of hydrogen-bond acceptors (Lipinski definition) is 5. The number of aryl methyl sites for hydroxylation is 2. The van der Waals surface area contributed by atoms with E-state index >= 15 is 0 Å². The van der Waals surface area contributed by atoms with Crippen molar-refractivity contribution < 1.29 is 13.2 Å². The average molecular weight is 425 g/mol. The van der Waals surface area contributed by atoms with E-state index in [9.17, 15) is 8.42 Å². The number of benzene rings is 2. The minimum absolute atomic E-state index is 0.264. The van der Waals surface area contributed by atoms with Gasteiger partial charge in [0.15, 0.2) is 0 Å². The Bertz CT molecular complexity index is 1200. The molecule has 1 saturated heterocycles. The van der Waals surface area contributed by atoms with E-state index in [4.69, 9.17) is 4.74 Å². The Labute approximate surface area is 178 Å². The number of hydrogen-bond donors (Lipinski definition) is 0. The van der Waals surface area contributed by atoms with Gasteiger partial charge in [-0.3, -0.25) is 4.98 Å². The molecule has 158 valence electrons. The van der Waals surface area contributed by atoms with E-state index in [2.05, 4.69) is 16.8 Å². The van der Waals surface area contributed by atoms with Crippen molar-refractivity contribution in [1.82, 2.24) is 4.98 Å². The van der Waals surface area contributed by atoms with Gasteiger partial charge >= 0.3 is 0 Å². The molecule has 1 aliphatic heterocycles. The fourth-order valence-corrected chi connectivity index (χ4v) is 5.71. The first-order valence-corrected chi connectivity index (χ1v) is 11.8. The second-order valence-corrected chi connectivity index (χ2v) is 10.2. The quantitative estimate of drug-likeness (QED) is 0.594. The molecule has 1 fully saturated rings. The molecule has 3 aromatic rings. The van der Waals surface area contributed by atoms with Crippen LogP contribution in [0.2, 0.25) is 0 Å². The van der Waals surface area contributed by atoms with Gasteiger partial charge in [-0.25, -0.2) is 8.42 Å². The fourth-order valence-electron chi connectivity index (χ4n) is 4.19. The van der Waals surface area contributed by atoms with E-state index in [0.717, 1.165) is 53.6 Å². The van der Waals surface area contributed by atoms with Crippen molar-refractivity contribution in [2.45, 2.75) is 43.4 Å². The second-order valence-electron chi connectivity index (χ2n) is 8.30. The lowest BCUT2D eigenvalue weighted by Gasteiger charge is -2.34. The highest BCUT2D eigenvalue weighted by molar-refractivity contribution is 7.91. The lowest BCUT2D eigenvalue weighted by atomic mass is 9.99. The van der Waals surface area contributed by atoms with Gasteiger partial charge in [0.25, 0.3) is 0 Å². The molecule has 30 heavy (non-hydrogen) atoms. The minimum Gasteiger partial charge on any atom is -0.497 e. The first-order chi connectivity index (χ1) is 14.3. The standard InChI is InChI=1S/C24H28N2O3S/c1-16-6-5-11-26(15-16)24-21-13-19(29-4)8-10-22(21)25-14-23(24)30(27,28)20-9-7-17(2)18(3)12-20/h7-10,12-14,16H,5-6,11,15H2,1-4H3/t16-/m1/s1. The van der Waals surface area contributed by atoms with E-state index in [1.165, 1.54) is 6.20 Å². The molecule has 0 N–H and O–H groups in total. The summed E-state index contributed by atoms with van der Waals surface area (Å²) in [5, 5.41) is 0.813. The average Bonchev–Trinajstić information content (AvgIpc) is 2.74. The number of piperidine rings is 1. The van der Waals surface area contributed by atoms with Crippen LogP contribution in [0.4, 0.5) is 5.69 Å². The van der Waals surface area contributed by atoms with Crippen LogP contribution >= 0.6 is 0 Å². The molecule has 0 bridgehead atoms. The van der Waals surface area contributed by atoms with Crippen LogP contribution in [0.3, 0.4) is 0 Å². The third kappa shape index (κ3) is 3.65. The second kappa shape index (κ2) is 7.91. The summed E-state index contributed by atoms with van der Waals surface area (Å²) in [6.45, 7) is 7.79. The SMILES string of the molecule is COc1ccc2ncc(S(=O)(=O)c3ccc(C)c(C)c3)c(N3CCC[C@@H](C)C3)c2c1. The molecule has 0 amide bonds. The van der Waals surface area contributed by atoms with E-state index < -0.39 is 9.84 Å². The number of fused-ring (bicyclic) bond motifs is 1. The lowest BCUT2D eigenvalue weighted by molar-refractivity contribution is 0.415. The Hall–Kier alpha value is -2.60. The summed E-state index contributed by atoms with van der Waals surface area (Å²) in [7, 11) is -2.11. The molecule has 4 rings (SSSR count). The Morgan fingerprint density at radius 2 is 1.90 bits per heavy atom. The van der Waals surface area contributed by atoms with Crippen LogP contribution in [0.15, 0.2) is 52.4 Å². The fraction of sp³-hybridized carbons (Fsp3) is 0.375. The Morgan fingerprint density at radius 3 is 2.60 bits per heavy atom. The summed E-state index contributed by atoms with van der Waals surface area (Å²) in [4.78, 5) is 7.29. The van der Waals surface area contributed by atoms with Crippen LogP contribution in [-0.2, 0) is 9.84 Å². The first-order valence-electron chi connectivity index (χ1n) is 10.4. The van der Waals surface area contributed by atoms with Gasteiger partial charge in [0.1, 0.15) is 10.6 Å². The van der Waals surface area contributed by atoms with E-state index in [1.807, 2.05) is 38.1 Å². The van der Waals surface area contributed by atoms with Gasteiger partial charge in [0.05, 0.1) is 23.2 Å². The van der Waals surface area contributed by atoms with Crippen molar-refractivity contribution >= 4 is 26.4 Å². The molecule has 6 heteroatoms. The van der Waals surface area contributed by atoms with Crippen molar-refractivity contribution in [1.29, 1.82) is 0 Å². The van der Waals surface area contributed by atoms with Crippen LogP contribution in [-0.4, -0.2) is 33.6 Å². The van der Waals surface area contributed by atoms with Crippen LogP contribution in [0, 0.1) is 19.8 Å². The number of sulfone groups is 1. The van der Waals surface area contributed by atoms with E-state index in [1.54, 1.807) is 19.2 Å². The molecule has 2 aromatic carbocycles. The summed E-state index contributed by atoms with van der Waals surface area (Å²) in [6, 6.07) is 10.9. The zero-order valence-corrected chi connectivity index (χ0v) is 18.8. The Balaban J connectivity index is 1.98. The van der Waals surface area contributed by atoms with E-state index in [0.29, 0.717) is 16.6 Å². The van der Waals surface area contributed by atoms with Crippen LogP contribution in [0.5, 0.6) is 5.75 Å². The topological polar surface area (TPSA) is 59.5 Å². The summed E-state index contributed by atoms with van der Waals surface area (Å²) in [5.41, 5.74) is 3.53. The predicted octanol–water partition coefficient (Wildman–Crippen LogP) is 4.93. The van der Waals surface area contributed by atoms with Crippen LogP contribution in [0.25, 0.3) is 10.9 Å². The zero-order chi connectivity index (χ0) is 21.5. The van der Waals surface area contributed by atoms with Crippen LogP contribution < -0.4 is 9.64 Å². The maximum Gasteiger partial charge on any atom is 0.210 e. The zero-order valence-electron chi connectivity index (χ0n) is 18.0. The van der Waals surface area contributed by atoms with Crippen LogP contribution in [0.1, 0.15) is 30.9 Å². The summed E-state index contributed by atoms with van der Waals surface area (Å²) < 4.78 is 32.9. The third-order valence-electron chi connectivity index (χ3n) is 6.06. The molecule has 0 spiro atoms. The third-order valence-corrected chi connectivity index (χ3v) is 7.82. The molecule has 1 aromatic heterocycles. The van der Waals surface area contributed by atoms with Gasteiger partial charge in [-0.2, -0.15) is 0 Å². The molecule has 5 nitrogen and oxygen atoms in total. The molecule has 1 atom stereocenters. The smallest absolute Gasteiger partial charge is 0.210 e. The molecule has 0 saturated carbocycles. The highest BCUT2D eigenvalue weighted by Gasteiger charge is 2.29. The number of ether oxygens (including phenoxy) is 1. The van der Waals surface area contributed by atoms with Crippen molar-refractivity contribution in [3.63, 3.8) is 0 Å². The number of nitrogens with zero attached hydrogens (tertiary/aromatic N) is 2. The molecular weight excluding hydrogens is 396 g/mol. The number of rotatable bonds is 4. The first kappa shape index (κ1) is 20.7. The molecule has 0 aliphatic carbocycles. The maximum atomic E-state index is 13.7. The number of aromatic nitrogens is 1. The molecule has 1 aliphatic rings. The largest absolute Gasteiger partial charge is 0.497 e. The van der Waals surface area contributed by atoms with Crippen molar-refractivity contribution in [2.75, 3.05) is 25.1 Å². The van der Waals surface area contributed by atoms with Gasteiger partial charge in [0.2, 0.25) is 9.84 Å². The number of methoxy groups -OCH3 is 1. The Morgan fingerprint density at radius 1 is 1.10 bits per heavy atom. The molecule has 0 unspecified atom stereocenters. The van der Waals surface area contributed by atoms with Gasteiger partial charge in [-0.15, -0.1) is 0 Å². The molecule has 0 radical (unpaired) electrons. The highest BCUT2D eigenvalue weighted by atomic mass is 32.2. The predicted molar refractivity (Wildman–Crippen MR) is 120 cm³/mol. The van der Waals surface area contributed by atoms with Crippen molar-refractivity contribution in [2.24, 2.45) is 5.92 Å². The normalized spacial score (nSPS) is 17.3. The lowest BCUT2D eigenvalue weighted by Crippen LogP contribution is -2.35. The minimum atomic E-state index is -3.73.